The maximum atomic E-state index is 13.9. The number of hydrogen-bond acceptors (Lipinski definition) is 10. The molecule has 6 aromatic rings. The fourth-order valence-corrected chi connectivity index (χ4v) is 9.28. The number of ether oxygens (including phenoxy) is 1. The Balaban J connectivity index is 0.000000212. The van der Waals surface area contributed by atoms with Crippen molar-refractivity contribution < 1.29 is 48.3 Å². The minimum Gasteiger partial charge on any atom is -0.481 e. The zero-order valence-electron chi connectivity index (χ0n) is 39.7. The van der Waals surface area contributed by atoms with Crippen LogP contribution in [0.3, 0.4) is 0 Å². The molecule has 0 radical (unpaired) electrons. The highest BCUT2D eigenvalue weighted by Gasteiger charge is 2.31. The van der Waals surface area contributed by atoms with Gasteiger partial charge in [0.05, 0.1) is 53.6 Å². The third-order valence-electron chi connectivity index (χ3n) is 12.4. The van der Waals surface area contributed by atoms with Crippen LogP contribution in [0.15, 0.2) is 83.9 Å². The summed E-state index contributed by atoms with van der Waals surface area (Å²) in [6.07, 6.45) is 7.82. The minimum atomic E-state index is -1.20. The Morgan fingerprint density at radius 3 is 1.90 bits per heavy atom. The van der Waals surface area contributed by atoms with Crippen molar-refractivity contribution in [3.63, 3.8) is 0 Å². The molecule has 0 unspecified atom stereocenters. The van der Waals surface area contributed by atoms with Crippen molar-refractivity contribution in [1.82, 2.24) is 19.9 Å². The molecule has 2 aliphatic carbocycles. The van der Waals surface area contributed by atoms with Crippen LogP contribution in [0.2, 0.25) is 0 Å². The number of carboxylic acid groups (broad SMARTS) is 2. The number of benzene rings is 2. The molecular formula is C55H56F2N4O9. The highest BCUT2D eigenvalue weighted by Crippen LogP contribution is 2.43. The van der Waals surface area contributed by atoms with Crippen molar-refractivity contribution in [3.8, 4) is 44.8 Å². The maximum Gasteiger partial charge on any atom is 0.354 e. The second-order valence-corrected chi connectivity index (χ2v) is 18.1. The fourth-order valence-electron chi connectivity index (χ4n) is 9.28. The first-order valence-corrected chi connectivity index (χ1v) is 23.5. The van der Waals surface area contributed by atoms with E-state index < -0.39 is 36.5 Å². The predicted octanol–water partition coefficient (Wildman–Crippen LogP) is 9.89. The van der Waals surface area contributed by atoms with Crippen molar-refractivity contribution in [2.45, 2.75) is 110 Å². The lowest BCUT2D eigenvalue weighted by Gasteiger charge is -2.22. The quantitative estimate of drug-likeness (QED) is 0.0685. The van der Waals surface area contributed by atoms with Crippen LogP contribution in [-0.2, 0) is 35.2 Å². The van der Waals surface area contributed by atoms with E-state index in [1.165, 1.54) is 30.3 Å². The molecule has 2 aliphatic rings. The van der Waals surface area contributed by atoms with Gasteiger partial charge in [0.1, 0.15) is 17.3 Å². The van der Waals surface area contributed by atoms with Crippen molar-refractivity contribution in [3.05, 3.63) is 152 Å². The van der Waals surface area contributed by atoms with E-state index in [4.69, 9.17) is 19.8 Å². The molecule has 0 spiro atoms. The van der Waals surface area contributed by atoms with Gasteiger partial charge in [-0.2, -0.15) is 0 Å². The number of aryl methyl sites for hydroxylation is 2. The summed E-state index contributed by atoms with van der Waals surface area (Å²) in [5, 5.41) is 38.8. The average molecular weight is 955 g/mol. The highest BCUT2D eigenvalue weighted by atomic mass is 19.1. The van der Waals surface area contributed by atoms with Gasteiger partial charge in [-0.1, -0.05) is 64.1 Å². The fraction of sp³-hybridized carbons (Fsp3) is 0.327. The molecule has 0 fully saturated rings. The predicted molar refractivity (Wildman–Crippen MR) is 262 cm³/mol. The van der Waals surface area contributed by atoms with Crippen LogP contribution in [0.1, 0.15) is 132 Å². The van der Waals surface area contributed by atoms with Gasteiger partial charge in [-0.25, -0.2) is 23.4 Å². The van der Waals surface area contributed by atoms with Crippen LogP contribution in [0.4, 0.5) is 8.78 Å². The number of nitrogens with zero attached hydrogens (tertiary/aromatic N) is 3. The molecule has 8 rings (SSSR count). The van der Waals surface area contributed by atoms with E-state index in [2.05, 4.69) is 9.97 Å². The van der Waals surface area contributed by atoms with E-state index in [1.54, 1.807) is 61.8 Å². The summed E-state index contributed by atoms with van der Waals surface area (Å²) in [4.78, 5) is 64.4. The molecular weight excluding hydrogens is 899 g/mol. The number of aliphatic carboxylic acids is 1. The minimum absolute atomic E-state index is 0.0290. The number of carbonyl (C=O) groups is 3. The Hall–Kier alpha value is -7.23. The number of H-pyrrole nitrogens is 1. The summed E-state index contributed by atoms with van der Waals surface area (Å²) >= 11 is 0. The first-order chi connectivity index (χ1) is 33.4. The number of aliphatic hydroxyl groups excluding tert-OH is 2. The second kappa shape index (κ2) is 22.0. The van der Waals surface area contributed by atoms with Crippen molar-refractivity contribution in [2.24, 2.45) is 0 Å². The van der Waals surface area contributed by atoms with Crippen LogP contribution in [0.5, 0.6) is 0 Å². The molecule has 0 amide bonds. The molecule has 15 heteroatoms. The van der Waals surface area contributed by atoms with Gasteiger partial charge in [0.25, 0.3) is 0 Å². The Bertz CT molecular complexity index is 3020. The van der Waals surface area contributed by atoms with Crippen molar-refractivity contribution >= 4 is 24.0 Å². The largest absolute Gasteiger partial charge is 0.481 e. The number of aromatic carboxylic acids is 1. The van der Waals surface area contributed by atoms with Gasteiger partial charge in [-0.05, 0) is 127 Å². The smallest absolute Gasteiger partial charge is 0.354 e. The van der Waals surface area contributed by atoms with Gasteiger partial charge < -0.3 is 30.1 Å². The number of aromatic nitrogens is 4. The molecule has 13 nitrogen and oxygen atoms in total. The zero-order valence-corrected chi connectivity index (χ0v) is 39.7. The van der Waals surface area contributed by atoms with E-state index in [0.29, 0.717) is 36.2 Å². The first kappa shape index (κ1) is 50.6. The number of aromatic amines is 1. The topological polar surface area (TPSA) is 213 Å². The third kappa shape index (κ3) is 11.3. The Labute approximate surface area is 404 Å². The van der Waals surface area contributed by atoms with E-state index in [0.717, 1.165) is 91.8 Å². The normalized spacial score (nSPS) is 13.8. The number of rotatable bonds is 13. The highest BCUT2D eigenvalue weighted by molar-refractivity contribution is 6.01. The van der Waals surface area contributed by atoms with Gasteiger partial charge >= 0.3 is 17.9 Å². The standard InChI is InChI=1S/C30H31FN2O6.C25H25FN2O3/c1-16(2)28-23(11-10-20(34)13-21(35)14-26(36)37)27(17-6-8-19(31)9-7-17)22-5-3-4-18-12-25(30(38)39)32-15-24(18)29(22)33-28;1-4-31-25(30)22-21(15-8-10-17(26)11-9-15)18-7-5-6-16-12-20(29)27-13-19(16)24(18)28-23(22)14(2)3/h6-12,15-16,20-21,34-35H,3-5,13-14H2,1-2H3,(H,36,37)(H,38,39);8-14H,4-7H2,1-3H3,(H,27,29)/b11-10+;/t20-,21-;/m1./s1. The number of nitrogens with one attached hydrogen (secondary N) is 1. The molecule has 70 heavy (non-hydrogen) atoms. The van der Waals surface area contributed by atoms with Gasteiger partial charge in [-0.15, -0.1) is 0 Å². The Morgan fingerprint density at radius 2 is 1.33 bits per heavy atom. The Kier molecular flexibility index (Phi) is 15.9. The van der Waals surface area contributed by atoms with Crippen LogP contribution in [0, 0.1) is 11.6 Å². The summed E-state index contributed by atoms with van der Waals surface area (Å²) in [5.41, 5.74) is 12.1. The summed E-state index contributed by atoms with van der Waals surface area (Å²) in [6, 6.07) is 15.5. The number of carboxylic acids is 2. The first-order valence-electron chi connectivity index (χ1n) is 23.5. The van der Waals surface area contributed by atoms with E-state index >= 15 is 0 Å². The summed E-state index contributed by atoms with van der Waals surface area (Å²) in [7, 11) is 0. The number of carbonyl (C=O) groups excluding carboxylic acids is 1. The van der Waals surface area contributed by atoms with Crippen LogP contribution in [0.25, 0.3) is 50.8 Å². The molecule has 0 bridgehead atoms. The molecule has 364 valence electrons. The average Bonchev–Trinajstić information content (AvgIpc) is 3.61. The molecule has 0 aliphatic heterocycles. The number of halogens is 2. The molecule has 2 atom stereocenters. The van der Waals surface area contributed by atoms with Crippen LogP contribution in [-0.4, -0.2) is 77.1 Å². The zero-order chi connectivity index (χ0) is 50.4. The van der Waals surface area contributed by atoms with E-state index in [-0.39, 0.29) is 47.8 Å². The van der Waals surface area contributed by atoms with Gasteiger partial charge in [0.2, 0.25) is 5.56 Å². The van der Waals surface area contributed by atoms with Crippen LogP contribution >= 0.6 is 0 Å². The number of aliphatic hydroxyl groups is 2. The van der Waals surface area contributed by atoms with Gasteiger partial charge in [0, 0.05) is 47.1 Å². The molecule has 4 aromatic heterocycles. The number of hydrogen-bond donors (Lipinski definition) is 5. The number of fused-ring (bicyclic) bond motifs is 6. The number of pyridine rings is 4. The summed E-state index contributed by atoms with van der Waals surface area (Å²) in [5.74, 6) is -3.49. The number of esters is 1. The lowest BCUT2D eigenvalue weighted by atomic mass is 9.86. The molecule has 0 saturated carbocycles. The summed E-state index contributed by atoms with van der Waals surface area (Å²) in [6.45, 7) is 9.95. The van der Waals surface area contributed by atoms with Crippen molar-refractivity contribution in [1.29, 1.82) is 0 Å². The lowest BCUT2D eigenvalue weighted by Crippen LogP contribution is -2.19. The molecule has 0 saturated heterocycles. The monoisotopic (exact) mass is 954 g/mol. The molecule has 5 N–H and O–H groups in total. The van der Waals surface area contributed by atoms with E-state index in [9.17, 15) is 43.3 Å². The van der Waals surface area contributed by atoms with Crippen LogP contribution < -0.4 is 5.56 Å². The van der Waals surface area contributed by atoms with Crippen molar-refractivity contribution in [2.75, 3.05) is 6.61 Å². The lowest BCUT2D eigenvalue weighted by molar-refractivity contribution is -0.139. The van der Waals surface area contributed by atoms with Gasteiger partial charge in [0.15, 0.2) is 0 Å². The maximum absolute atomic E-state index is 13.9. The van der Waals surface area contributed by atoms with E-state index in [1.807, 2.05) is 27.7 Å². The molecule has 4 heterocycles. The Morgan fingerprint density at radius 1 is 0.771 bits per heavy atom. The summed E-state index contributed by atoms with van der Waals surface area (Å²) < 4.78 is 33.0. The SMILES string of the molecule is CC(C)c1nc2c(c(-c3ccc(F)cc3)c1/C=C/[C@@H](O)C[C@@H](O)CC(=O)O)CCCc1cc(C(=O)O)ncc1-2.CCOC(=O)c1c(C(C)C)nc2c(c1-c1ccc(F)cc1)CCCc1cc(=O)[nH]cc1-2. The second-order valence-electron chi connectivity index (χ2n) is 18.1. The third-order valence-corrected chi connectivity index (χ3v) is 12.4. The molecule has 2 aromatic carbocycles. The van der Waals surface area contributed by atoms with Gasteiger partial charge in [-0.3, -0.25) is 19.6 Å².